The van der Waals surface area contributed by atoms with E-state index in [9.17, 15) is 0 Å². The van der Waals surface area contributed by atoms with Crippen LogP contribution < -0.4 is 5.73 Å². The number of pyridine rings is 1. The van der Waals surface area contributed by atoms with Crippen molar-refractivity contribution in [3.63, 3.8) is 0 Å². The van der Waals surface area contributed by atoms with Crippen molar-refractivity contribution in [3.8, 4) is 11.5 Å². The fourth-order valence-electron chi connectivity index (χ4n) is 1.60. The zero-order chi connectivity index (χ0) is 14.0. The summed E-state index contributed by atoms with van der Waals surface area (Å²) < 4.78 is 5.24. The van der Waals surface area contributed by atoms with Crippen molar-refractivity contribution in [1.29, 1.82) is 0 Å². The summed E-state index contributed by atoms with van der Waals surface area (Å²) in [6.45, 7) is 8.21. The molecule has 0 aromatic carbocycles. The number of hydrogen-bond donors (Lipinski definition) is 1. The predicted octanol–water partition coefficient (Wildman–Crippen LogP) is 2.36. The zero-order valence-electron chi connectivity index (χ0n) is 11.8. The van der Waals surface area contributed by atoms with Gasteiger partial charge in [0.2, 0.25) is 11.7 Å². The largest absolute Gasteiger partial charge is 0.339 e. The fraction of sp³-hybridized carbons (Fsp3) is 0.500. The first-order valence-electron chi connectivity index (χ1n) is 6.38. The summed E-state index contributed by atoms with van der Waals surface area (Å²) in [5, 5.41) is 3.96. The van der Waals surface area contributed by atoms with Gasteiger partial charge in [-0.2, -0.15) is 4.98 Å². The highest BCUT2D eigenvalue weighted by Crippen LogP contribution is 2.21. The van der Waals surface area contributed by atoms with E-state index < -0.39 is 0 Å². The summed E-state index contributed by atoms with van der Waals surface area (Å²) in [5.41, 5.74) is 7.77. The molecule has 102 valence electrons. The second-order valence-corrected chi connectivity index (χ2v) is 5.85. The van der Waals surface area contributed by atoms with E-state index in [1.54, 1.807) is 0 Å². The number of aromatic nitrogens is 3. The average molecular weight is 260 g/mol. The maximum atomic E-state index is 6.11. The number of hydrogen-bond acceptors (Lipinski definition) is 5. The molecule has 0 spiro atoms. The number of rotatable bonds is 3. The average Bonchev–Trinajstić information content (AvgIpc) is 2.76. The topological polar surface area (TPSA) is 77.8 Å². The van der Waals surface area contributed by atoms with Gasteiger partial charge >= 0.3 is 0 Å². The molecule has 2 aromatic heterocycles. The second-order valence-electron chi connectivity index (χ2n) is 5.85. The molecular formula is C14H20N4O. The van der Waals surface area contributed by atoms with Gasteiger partial charge in [-0.15, -0.1) is 0 Å². The summed E-state index contributed by atoms with van der Waals surface area (Å²) in [7, 11) is 0. The monoisotopic (exact) mass is 260 g/mol. The van der Waals surface area contributed by atoms with E-state index in [4.69, 9.17) is 10.3 Å². The molecule has 0 radical (unpaired) electrons. The van der Waals surface area contributed by atoms with Gasteiger partial charge < -0.3 is 10.3 Å². The van der Waals surface area contributed by atoms with Crippen molar-refractivity contribution in [2.24, 2.45) is 11.1 Å². The lowest BCUT2D eigenvalue weighted by molar-refractivity contribution is 0.286. The molecule has 5 heteroatoms. The third kappa shape index (κ3) is 3.38. The lowest BCUT2D eigenvalue weighted by Crippen LogP contribution is -2.36. The molecule has 1 atom stereocenters. The minimum atomic E-state index is -0.0220. The Morgan fingerprint density at radius 1 is 1.26 bits per heavy atom. The first kappa shape index (κ1) is 13.7. The van der Waals surface area contributed by atoms with Gasteiger partial charge in [0.1, 0.15) is 5.69 Å². The Morgan fingerprint density at radius 3 is 2.63 bits per heavy atom. The van der Waals surface area contributed by atoms with Gasteiger partial charge in [0.05, 0.1) is 0 Å². The highest BCUT2D eigenvalue weighted by Gasteiger charge is 2.23. The smallest absolute Gasteiger partial charge is 0.228 e. The summed E-state index contributed by atoms with van der Waals surface area (Å²) >= 11 is 0. The highest BCUT2D eigenvalue weighted by molar-refractivity contribution is 5.47. The van der Waals surface area contributed by atoms with Crippen LogP contribution in [0.3, 0.4) is 0 Å². The molecule has 1 unspecified atom stereocenters. The molecule has 2 heterocycles. The van der Waals surface area contributed by atoms with Gasteiger partial charge in [0.25, 0.3) is 0 Å². The summed E-state index contributed by atoms with van der Waals surface area (Å²) in [6.07, 6.45) is 0.572. The standard InChI is InChI=1S/C14H20N4O/c1-9-6-5-7-10(16-9)13-17-12(19-18-13)8-11(15)14(2,3)4/h5-7,11H,8,15H2,1-4H3. The molecule has 0 bridgehead atoms. The van der Waals surface area contributed by atoms with Crippen LogP contribution in [0.4, 0.5) is 0 Å². The molecule has 2 N–H and O–H groups in total. The lowest BCUT2D eigenvalue weighted by atomic mass is 9.85. The first-order chi connectivity index (χ1) is 8.86. The minimum absolute atomic E-state index is 0.0101. The Kier molecular flexibility index (Phi) is 3.66. The van der Waals surface area contributed by atoms with E-state index >= 15 is 0 Å². The maximum absolute atomic E-state index is 6.11. The summed E-state index contributed by atoms with van der Waals surface area (Å²) in [6, 6.07) is 5.70. The van der Waals surface area contributed by atoms with Gasteiger partial charge in [-0.3, -0.25) is 0 Å². The van der Waals surface area contributed by atoms with Crippen LogP contribution in [0.15, 0.2) is 22.7 Å². The van der Waals surface area contributed by atoms with Crippen molar-refractivity contribution in [2.45, 2.75) is 40.2 Å². The Morgan fingerprint density at radius 2 is 2.00 bits per heavy atom. The fourth-order valence-corrected chi connectivity index (χ4v) is 1.60. The molecule has 19 heavy (non-hydrogen) atoms. The Labute approximate surface area is 113 Å². The number of nitrogens with zero attached hydrogens (tertiary/aromatic N) is 3. The first-order valence-corrected chi connectivity index (χ1v) is 6.38. The van der Waals surface area contributed by atoms with Crippen LogP contribution >= 0.6 is 0 Å². The van der Waals surface area contributed by atoms with Crippen LogP contribution in [0, 0.1) is 12.3 Å². The van der Waals surface area contributed by atoms with Crippen molar-refractivity contribution >= 4 is 0 Å². The zero-order valence-corrected chi connectivity index (χ0v) is 11.8. The molecule has 0 amide bonds. The van der Waals surface area contributed by atoms with Gasteiger partial charge in [-0.1, -0.05) is 32.0 Å². The number of aryl methyl sites for hydroxylation is 1. The van der Waals surface area contributed by atoms with E-state index in [0.29, 0.717) is 18.1 Å². The highest BCUT2D eigenvalue weighted by atomic mass is 16.5. The maximum Gasteiger partial charge on any atom is 0.228 e. The van der Waals surface area contributed by atoms with E-state index in [1.165, 1.54) is 0 Å². The van der Waals surface area contributed by atoms with Crippen LogP contribution in [-0.4, -0.2) is 21.2 Å². The predicted molar refractivity (Wildman–Crippen MR) is 73.4 cm³/mol. The van der Waals surface area contributed by atoms with E-state index in [-0.39, 0.29) is 11.5 Å². The molecule has 0 saturated heterocycles. The van der Waals surface area contributed by atoms with Gasteiger partial charge in [0.15, 0.2) is 0 Å². The minimum Gasteiger partial charge on any atom is -0.339 e. The number of nitrogens with two attached hydrogens (primary N) is 1. The van der Waals surface area contributed by atoms with Gasteiger partial charge in [-0.25, -0.2) is 4.98 Å². The Bertz CT molecular complexity index is 557. The van der Waals surface area contributed by atoms with Crippen molar-refractivity contribution in [3.05, 3.63) is 29.8 Å². The van der Waals surface area contributed by atoms with Crippen molar-refractivity contribution in [1.82, 2.24) is 15.1 Å². The molecule has 0 aliphatic carbocycles. The molecule has 5 nitrogen and oxygen atoms in total. The van der Waals surface area contributed by atoms with Crippen molar-refractivity contribution < 1.29 is 4.52 Å². The van der Waals surface area contributed by atoms with Crippen LogP contribution in [0.5, 0.6) is 0 Å². The van der Waals surface area contributed by atoms with E-state index in [0.717, 1.165) is 11.4 Å². The van der Waals surface area contributed by atoms with Crippen LogP contribution in [0.2, 0.25) is 0 Å². The molecule has 0 fully saturated rings. The van der Waals surface area contributed by atoms with Gasteiger partial charge in [-0.05, 0) is 24.5 Å². The third-order valence-electron chi connectivity index (χ3n) is 3.09. The quantitative estimate of drug-likeness (QED) is 0.916. The third-order valence-corrected chi connectivity index (χ3v) is 3.09. The van der Waals surface area contributed by atoms with Crippen LogP contribution in [0.1, 0.15) is 32.4 Å². The molecule has 0 saturated carbocycles. The van der Waals surface area contributed by atoms with Gasteiger partial charge in [0, 0.05) is 18.2 Å². The summed E-state index contributed by atoms with van der Waals surface area (Å²) in [5.74, 6) is 1.07. The molecular weight excluding hydrogens is 240 g/mol. The van der Waals surface area contributed by atoms with E-state index in [1.807, 2.05) is 25.1 Å². The lowest BCUT2D eigenvalue weighted by Gasteiger charge is -2.25. The summed E-state index contributed by atoms with van der Waals surface area (Å²) in [4.78, 5) is 8.72. The molecule has 0 aliphatic heterocycles. The molecule has 2 rings (SSSR count). The van der Waals surface area contributed by atoms with Crippen LogP contribution in [-0.2, 0) is 6.42 Å². The van der Waals surface area contributed by atoms with E-state index in [2.05, 4.69) is 35.9 Å². The second kappa shape index (κ2) is 5.09. The Balaban J connectivity index is 2.16. The Hall–Kier alpha value is -1.75. The molecule has 0 aliphatic rings. The van der Waals surface area contributed by atoms with Crippen LogP contribution in [0.25, 0.3) is 11.5 Å². The normalized spacial score (nSPS) is 13.5. The molecule has 2 aromatic rings. The SMILES string of the molecule is Cc1cccc(-c2noc(CC(N)C(C)(C)C)n2)n1. The van der Waals surface area contributed by atoms with Crippen molar-refractivity contribution in [2.75, 3.05) is 0 Å².